The molecule has 8 heteroatoms. The normalized spacial score (nSPS) is 12.3. The molecule has 0 aliphatic rings. The number of nitrogens with zero attached hydrogens (tertiary/aromatic N) is 1. The van der Waals surface area contributed by atoms with E-state index in [1.54, 1.807) is 6.92 Å². The first-order chi connectivity index (χ1) is 7.90. The molecule has 5 nitrogen and oxygen atoms in total. The van der Waals surface area contributed by atoms with Gasteiger partial charge in [-0.05, 0) is 25.1 Å². The van der Waals surface area contributed by atoms with Crippen molar-refractivity contribution >= 4 is 34.0 Å². The molecule has 0 saturated carbocycles. The third-order valence-electron chi connectivity index (χ3n) is 2.08. The van der Waals surface area contributed by atoms with Crippen LogP contribution >= 0.6 is 24.0 Å². The minimum atomic E-state index is -3.66. The maximum atomic E-state index is 11.9. The quantitative estimate of drug-likeness (QED) is 0.875. The molecular weight excluding hydrogens is 297 g/mol. The lowest BCUT2D eigenvalue weighted by molar-refractivity contribution is 0.562. The van der Waals surface area contributed by atoms with Gasteiger partial charge >= 0.3 is 0 Å². The van der Waals surface area contributed by atoms with Crippen molar-refractivity contribution in [3.63, 3.8) is 0 Å². The topological polar surface area (TPSA) is 96.0 Å². The highest BCUT2D eigenvalue weighted by Crippen LogP contribution is 2.19. The van der Waals surface area contributed by atoms with E-state index in [-0.39, 0.29) is 40.5 Å². The van der Waals surface area contributed by atoms with Gasteiger partial charge in [0.05, 0.1) is 15.5 Å². The maximum Gasteiger partial charge on any atom is 0.240 e. The third-order valence-corrected chi connectivity index (χ3v) is 4.00. The molecule has 3 N–H and O–H groups in total. The Kier molecular flexibility index (Phi) is 6.60. The summed E-state index contributed by atoms with van der Waals surface area (Å²) in [6.45, 7) is 1.84. The van der Waals surface area contributed by atoms with Crippen molar-refractivity contribution in [2.24, 2.45) is 5.73 Å². The van der Waals surface area contributed by atoms with Crippen molar-refractivity contribution in [3.8, 4) is 6.07 Å². The van der Waals surface area contributed by atoms with Crippen LogP contribution in [0.15, 0.2) is 23.1 Å². The van der Waals surface area contributed by atoms with Crippen molar-refractivity contribution in [2.75, 3.05) is 6.54 Å². The molecule has 0 heterocycles. The second-order valence-electron chi connectivity index (χ2n) is 3.51. The summed E-state index contributed by atoms with van der Waals surface area (Å²) < 4.78 is 26.1. The van der Waals surface area contributed by atoms with Crippen molar-refractivity contribution < 1.29 is 8.42 Å². The maximum absolute atomic E-state index is 11.9. The zero-order chi connectivity index (χ0) is 13.1. The van der Waals surface area contributed by atoms with Crippen LogP contribution in [0.5, 0.6) is 0 Å². The van der Waals surface area contributed by atoms with E-state index in [0.29, 0.717) is 0 Å². The largest absolute Gasteiger partial charge is 0.329 e. The zero-order valence-electron chi connectivity index (χ0n) is 9.55. The van der Waals surface area contributed by atoms with Gasteiger partial charge in [0.15, 0.2) is 0 Å². The van der Waals surface area contributed by atoms with Crippen LogP contribution in [0.3, 0.4) is 0 Å². The molecule has 0 aromatic heterocycles. The van der Waals surface area contributed by atoms with Gasteiger partial charge in [-0.1, -0.05) is 11.6 Å². The van der Waals surface area contributed by atoms with E-state index >= 15 is 0 Å². The van der Waals surface area contributed by atoms with Crippen molar-refractivity contribution in [2.45, 2.75) is 17.9 Å². The van der Waals surface area contributed by atoms with Gasteiger partial charge in [-0.15, -0.1) is 12.4 Å². The molecule has 1 rings (SSSR count). The average Bonchev–Trinajstić information content (AvgIpc) is 2.28. The lowest BCUT2D eigenvalue weighted by Crippen LogP contribution is -2.37. The Morgan fingerprint density at radius 2 is 2.17 bits per heavy atom. The Bertz CT molecular complexity index is 555. The monoisotopic (exact) mass is 309 g/mol. The van der Waals surface area contributed by atoms with Gasteiger partial charge in [-0.2, -0.15) is 5.26 Å². The molecule has 0 unspecified atom stereocenters. The van der Waals surface area contributed by atoms with Gasteiger partial charge in [0, 0.05) is 12.6 Å². The van der Waals surface area contributed by atoms with Gasteiger partial charge < -0.3 is 5.73 Å². The summed E-state index contributed by atoms with van der Waals surface area (Å²) in [7, 11) is -3.66. The molecule has 1 aromatic carbocycles. The van der Waals surface area contributed by atoms with Crippen LogP contribution in [-0.4, -0.2) is 21.0 Å². The number of nitrogens with two attached hydrogens (primary N) is 1. The first-order valence-electron chi connectivity index (χ1n) is 4.82. The Labute approximate surface area is 117 Å². The molecule has 0 aliphatic heterocycles. The van der Waals surface area contributed by atoms with E-state index < -0.39 is 10.0 Å². The summed E-state index contributed by atoms with van der Waals surface area (Å²) in [6, 6.07) is 5.40. The second-order valence-corrected chi connectivity index (χ2v) is 5.63. The summed E-state index contributed by atoms with van der Waals surface area (Å²) in [5.74, 6) is 0. The van der Waals surface area contributed by atoms with E-state index in [0.717, 1.165) is 0 Å². The van der Waals surface area contributed by atoms with Crippen LogP contribution < -0.4 is 10.5 Å². The van der Waals surface area contributed by atoms with Crippen LogP contribution in [0.4, 0.5) is 0 Å². The highest BCUT2D eigenvalue weighted by molar-refractivity contribution is 7.89. The lowest BCUT2D eigenvalue weighted by Gasteiger charge is -2.12. The summed E-state index contributed by atoms with van der Waals surface area (Å²) in [4.78, 5) is -0.00116. The minimum absolute atomic E-state index is 0. The summed E-state index contributed by atoms with van der Waals surface area (Å²) >= 11 is 5.72. The smallest absolute Gasteiger partial charge is 0.240 e. The Balaban J connectivity index is 0.00000289. The number of sulfonamides is 1. The number of halogens is 2. The SMILES string of the molecule is C[C@@H](CN)NS(=O)(=O)c1ccc(Cl)c(C#N)c1.Cl. The molecular formula is C10H13Cl2N3O2S. The predicted octanol–water partition coefficient (Wildman–Crippen LogP) is 1.26. The fraction of sp³-hybridized carbons (Fsp3) is 0.300. The van der Waals surface area contributed by atoms with Crippen LogP contribution in [0.2, 0.25) is 5.02 Å². The van der Waals surface area contributed by atoms with Crippen molar-refractivity contribution in [3.05, 3.63) is 28.8 Å². The lowest BCUT2D eigenvalue weighted by atomic mass is 10.2. The van der Waals surface area contributed by atoms with Crippen molar-refractivity contribution in [1.29, 1.82) is 5.26 Å². The van der Waals surface area contributed by atoms with Crippen LogP contribution in [0.25, 0.3) is 0 Å². The number of nitrogens with one attached hydrogen (secondary N) is 1. The van der Waals surface area contributed by atoms with Crippen LogP contribution in [0, 0.1) is 11.3 Å². The second kappa shape index (κ2) is 6.92. The van der Waals surface area contributed by atoms with Gasteiger partial charge in [-0.3, -0.25) is 0 Å². The molecule has 0 radical (unpaired) electrons. The summed E-state index contributed by atoms with van der Waals surface area (Å²) in [6.07, 6.45) is 0. The predicted molar refractivity (Wildman–Crippen MR) is 72.3 cm³/mol. The van der Waals surface area contributed by atoms with Crippen molar-refractivity contribution in [1.82, 2.24) is 4.72 Å². The Hall–Kier alpha value is -0.840. The van der Waals surface area contributed by atoms with Gasteiger partial charge in [0.1, 0.15) is 6.07 Å². The highest BCUT2D eigenvalue weighted by Gasteiger charge is 2.17. The van der Waals surface area contributed by atoms with E-state index in [2.05, 4.69) is 4.72 Å². The van der Waals surface area contributed by atoms with E-state index in [1.165, 1.54) is 18.2 Å². The first kappa shape index (κ1) is 17.2. The van der Waals surface area contributed by atoms with E-state index in [1.807, 2.05) is 6.07 Å². The first-order valence-corrected chi connectivity index (χ1v) is 6.69. The van der Waals surface area contributed by atoms with Crippen LogP contribution in [-0.2, 0) is 10.0 Å². The molecule has 100 valence electrons. The highest BCUT2D eigenvalue weighted by atomic mass is 35.5. The molecule has 0 bridgehead atoms. The minimum Gasteiger partial charge on any atom is -0.329 e. The molecule has 0 spiro atoms. The third kappa shape index (κ3) is 4.12. The van der Waals surface area contributed by atoms with Gasteiger partial charge in [-0.25, -0.2) is 13.1 Å². The van der Waals surface area contributed by atoms with E-state index in [4.69, 9.17) is 22.6 Å². The number of hydrogen-bond acceptors (Lipinski definition) is 4. The summed E-state index contributed by atoms with van der Waals surface area (Å²) in [5, 5.41) is 8.99. The number of nitriles is 1. The zero-order valence-corrected chi connectivity index (χ0v) is 11.9. The Morgan fingerprint density at radius 1 is 1.56 bits per heavy atom. The molecule has 0 amide bonds. The fourth-order valence-corrected chi connectivity index (χ4v) is 2.58. The molecule has 0 aliphatic carbocycles. The fourth-order valence-electron chi connectivity index (χ4n) is 1.14. The standard InChI is InChI=1S/C10H12ClN3O2S.ClH/c1-7(5-12)14-17(15,16)9-2-3-10(11)8(4-9)6-13;/h2-4,7,14H,5,12H2,1H3;1H/t7-;/m0./s1. The number of rotatable bonds is 4. The number of hydrogen-bond donors (Lipinski definition) is 2. The van der Waals surface area contributed by atoms with Gasteiger partial charge in [0.25, 0.3) is 0 Å². The molecule has 18 heavy (non-hydrogen) atoms. The number of benzene rings is 1. The molecule has 0 saturated heterocycles. The Morgan fingerprint density at radius 3 is 2.67 bits per heavy atom. The van der Waals surface area contributed by atoms with Crippen LogP contribution in [0.1, 0.15) is 12.5 Å². The van der Waals surface area contributed by atoms with Gasteiger partial charge in [0.2, 0.25) is 10.0 Å². The molecule has 0 fully saturated rings. The van der Waals surface area contributed by atoms with E-state index in [9.17, 15) is 8.42 Å². The molecule has 1 aromatic rings. The molecule has 1 atom stereocenters. The average molecular weight is 310 g/mol. The summed E-state index contributed by atoms with van der Waals surface area (Å²) in [5.41, 5.74) is 5.46.